The third kappa shape index (κ3) is 1.53. The van der Waals surface area contributed by atoms with Crippen molar-refractivity contribution in [3.8, 4) is 0 Å². The van der Waals surface area contributed by atoms with Crippen molar-refractivity contribution in [2.75, 3.05) is 0 Å². The number of aliphatic hydroxyl groups is 1. The number of imidazole rings is 1. The molecule has 2 atom stereocenters. The summed E-state index contributed by atoms with van der Waals surface area (Å²) in [6, 6.07) is 8.32. The Bertz CT molecular complexity index is 478. The molecule has 1 aromatic carbocycles. The molecule has 1 heterocycles. The second kappa shape index (κ2) is 3.76. The average molecular weight is 214 g/mol. The van der Waals surface area contributed by atoms with E-state index in [4.69, 9.17) is 0 Å². The third-order valence-corrected chi connectivity index (χ3v) is 3.32. The summed E-state index contributed by atoms with van der Waals surface area (Å²) >= 11 is 0. The van der Waals surface area contributed by atoms with E-state index >= 15 is 0 Å². The van der Waals surface area contributed by atoms with Crippen LogP contribution in [0.4, 0.5) is 0 Å². The second-order valence-corrected chi connectivity index (χ2v) is 4.32. The molecule has 16 heavy (non-hydrogen) atoms. The van der Waals surface area contributed by atoms with Crippen LogP contribution in [0.3, 0.4) is 0 Å². The summed E-state index contributed by atoms with van der Waals surface area (Å²) in [6.45, 7) is 0. The quantitative estimate of drug-likeness (QED) is 0.816. The Morgan fingerprint density at radius 2 is 2.31 bits per heavy atom. The Hall–Kier alpha value is -1.61. The van der Waals surface area contributed by atoms with E-state index in [2.05, 4.69) is 22.1 Å². The van der Waals surface area contributed by atoms with Crippen LogP contribution in [0, 0.1) is 0 Å². The minimum Gasteiger partial charge on any atom is -0.392 e. The fourth-order valence-corrected chi connectivity index (χ4v) is 2.39. The van der Waals surface area contributed by atoms with Crippen LogP contribution in [-0.4, -0.2) is 21.2 Å². The monoisotopic (exact) mass is 214 g/mol. The molecule has 0 aliphatic heterocycles. The molecule has 3 heteroatoms. The van der Waals surface area contributed by atoms with E-state index in [0.717, 1.165) is 12.2 Å². The van der Waals surface area contributed by atoms with Crippen LogP contribution in [0.1, 0.15) is 22.9 Å². The topological polar surface area (TPSA) is 48.9 Å². The van der Waals surface area contributed by atoms with Crippen molar-refractivity contribution in [3.05, 3.63) is 53.6 Å². The van der Waals surface area contributed by atoms with Crippen LogP contribution in [0.25, 0.3) is 0 Å². The lowest BCUT2D eigenvalue weighted by Crippen LogP contribution is -2.30. The highest BCUT2D eigenvalue weighted by Crippen LogP contribution is 2.37. The predicted octanol–water partition coefficient (Wildman–Crippen LogP) is 1.65. The number of aromatic nitrogens is 2. The zero-order valence-corrected chi connectivity index (χ0v) is 8.93. The zero-order chi connectivity index (χ0) is 11.0. The van der Waals surface area contributed by atoms with Crippen LogP contribution in [0.2, 0.25) is 0 Å². The molecule has 1 aliphatic rings. The Morgan fingerprint density at radius 1 is 1.44 bits per heavy atom. The first-order valence-electron chi connectivity index (χ1n) is 5.58. The molecule has 2 unspecified atom stereocenters. The van der Waals surface area contributed by atoms with Gasteiger partial charge in [0.1, 0.15) is 5.82 Å². The van der Waals surface area contributed by atoms with Gasteiger partial charge in [0, 0.05) is 24.7 Å². The van der Waals surface area contributed by atoms with Gasteiger partial charge >= 0.3 is 0 Å². The number of hydrogen-bond donors (Lipinski definition) is 2. The minimum absolute atomic E-state index is 0.279. The molecule has 0 fully saturated rings. The number of rotatable bonds is 3. The van der Waals surface area contributed by atoms with E-state index in [-0.39, 0.29) is 12.0 Å². The molecule has 0 radical (unpaired) electrons. The van der Waals surface area contributed by atoms with Gasteiger partial charge in [0.2, 0.25) is 0 Å². The third-order valence-electron chi connectivity index (χ3n) is 3.32. The first kappa shape index (κ1) is 9.60. The van der Waals surface area contributed by atoms with Gasteiger partial charge in [-0.2, -0.15) is 0 Å². The van der Waals surface area contributed by atoms with Crippen molar-refractivity contribution in [2.24, 2.45) is 0 Å². The standard InChI is InChI=1S/C13H14N2O/c16-12(8-13-14-5-6-15-13)11-7-9-3-1-2-4-10(9)11/h1-6,11-12,16H,7-8H2,(H,14,15). The van der Waals surface area contributed by atoms with Gasteiger partial charge in [-0.15, -0.1) is 0 Å². The second-order valence-electron chi connectivity index (χ2n) is 4.32. The normalized spacial score (nSPS) is 19.9. The van der Waals surface area contributed by atoms with Crippen LogP contribution < -0.4 is 0 Å². The van der Waals surface area contributed by atoms with Crippen molar-refractivity contribution >= 4 is 0 Å². The highest BCUT2D eigenvalue weighted by atomic mass is 16.3. The lowest BCUT2D eigenvalue weighted by atomic mass is 9.74. The molecular formula is C13H14N2O. The lowest BCUT2D eigenvalue weighted by Gasteiger charge is -2.33. The van der Waals surface area contributed by atoms with Gasteiger partial charge in [-0.3, -0.25) is 0 Å². The maximum absolute atomic E-state index is 10.1. The molecule has 2 aromatic rings. The largest absolute Gasteiger partial charge is 0.392 e. The summed E-state index contributed by atoms with van der Waals surface area (Å²) in [7, 11) is 0. The molecule has 0 bridgehead atoms. The number of nitrogens with one attached hydrogen (secondary N) is 1. The van der Waals surface area contributed by atoms with Gasteiger partial charge in [0.15, 0.2) is 0 Å². The summed E-state index contributed by atoms with van der Waals surface area (Å²) in [6.07, 6.45) is 4.76. The van der Waals surface area contributed by atoms with Gasteiger partial charge in [0.05, 0.1) is 6.10 Å². The Labute approximate surface area is 94.2 Å². The lowest BCUT2D eigenvalue weighted by molar-refractivity contribution is 0.131. The summed E-state index contributed by atoms with van der Waals surface area (Å²) in [5.41, 5.74) is 2.66. The molecule has 1 aliphatic carbocycles. The van der Waals surface area contributed by atoms with Crippen LogP contribution in [0.5, 0.6) is 0 Å². The highest BCUT2D eigenvalue weighted by molar-refractivity contribution is 5.40. The number of benzene rings is 1. The zero-order valence-electron chi connectivity index (χ0n) is 8.93. The van der Waals surface area contributed by atoms with E-state index < -0.39 is 0 Å². The Balaban J connectivity index is 1.72. The van der Waals surface area contributed by atoms with Crippen molar-refractivity contribution in [2.45, 2.75) is 24.9 Å². The van der Waals surface area contributed by atoms with Crippen molar-refractivity contribution < 1.29 is 5.11 Å². The number of aliphatic hydroxyl groups excluding tert-OH is 1. The minimum atomic E-state index is -0.332. The average Bonchev–Trinajstić information content (AvgIpc) is 2.72. The fourth-order valence-electron chi connectivity index (χ4n) is 2.39. The predicted molar refractivity (Wildman–Crippen MR) is 61.2 cm³/mol. The maximum Gasteiger partial charge on any atom is 0.108 e. The smallest absolute Gasteiger partial charge is 0.108 e. The van der Waals surface area contributed by atoms with Crippen molar-refractivity contribution in [1.82, 2.24) is 9.97 Å². The van der Waals surface area contributed by atoms with Crippen LogP contribution in [-0.2, 0) is 12.8 Å². The molecule has 3 rings (SSSR count). The van der Waals surface area contributed by atoms with E-state index in [1.807, 2.05) is 12.1 Å². The Kier molecular flexibility index (Phi) is 2.26. The van der Waals surface area contributed by atoms with Gasteiger partial charge in [-0.25, -0.2) is 4.98 Å². The van der Waals surface area contributed by atoms with Crippen molar-refractivity contribution in [3.63, 3.8) is 0 Å². The molecule has 1 aromatic heterocycles. The SMILES string of the molecule is OC(Cc1ncc[nH]1)C1Cc2ccccc21. The molecule has 0 spiro atoms. The number of fused-ring (bicyclic) bond motifs is 1. The van der Waals surface area contributed by atoms with Gasteiger partial charge in [0.25, 0.3) is 0 Å². The Morgan fingerprint density at radius 3 is 3.06 bits per heavy atom. The van der Waals surface area contributed by atoms with Crippen LogP contribution >= 0.6 is 0 Å². The number of aromatic amines is 1. The van der Waals surface area contributed by atoms with Gasteiger partial charge in [-0.05, 0) is 17.5 Å². The van der Waals surface area contributed by atoms with E-state index in [0.29, 0.717) is 6.42 Å². The maximum atomic E-state index is 10.1. The molecule has 3 nitrogen and oxygen atoms in total. The number of H-pyrrole nitrogens is 1. The molecule has 0 amide bonds. The van der Waals surface area contributed by atoms with Crippen LogP contribution in [0.15, 0.2) is 36.7 Å². The number of nitrogens with zero attached hydrogens (tertiary/aromatic N) is 1. The molecular weight excluding hydrogens is 200 g/mol. The summed E-state index contributed by atoms with van der Waals surface area (Å²) < 4.78 is 0. The van der Waals surface area contributed by atoms with E-state index in [9.17, 15) is 5.11 Å². The first-order valence-corrected chi connectivity index (χ1v) is 5.58. The molecule has 82 valence electrons. The van der Waals surface area contributed by atoms with E-state index in [1.54, 1.807) is 12.4 Å². The van der Waals surface area contributed by atoms with E-state index in [1.165, 1.54) is 11.1 Å². The molecule has 0 saturated heterocycles. The molecule has 2 N–H and O–H groups in total. The van der Waals surface area contributed by atoms with Gasteiger partial charge in [-0.1, -0.05) is 24.3 Å². The number of hydrogen-bond acceptors (Lipinski definition) is 2. The van der Waals surface area contributed by atoms with Gasteiger partial charge < -0.3 is 10.1 Å². The molecule has 0 saturated carbocycles. The summed E-state index contributed by atoms with van der Waals surface area (Å²) in [5, 5.41) is 10.1. The summed E-state index contributed by atoms with van der Waals surface area (Å²) in [4.78, 5) is 7.16. The first-order chi connectivity index (χ1) is 7.84. The van der Waals surface area contributed by atoms with Crippen molar-refractivity contribution in [1.29, 1.82) is 0 Å². The highest BCUT2D eigenvalue weighted by Gasteiger charge is 2.31. The summed E-state index contributed by atoms with van der Waals surface area (Å²) in [5.74, 6) is 1.14. The fraction of sp³-hybridized carbons (Fsp3) is 0.308.